The molecular weight excluding hydrogens is 435 g/mol. The standard InChI is InChI=1S/C24H28Cl2N2O3/c1-17(25)15-28(16-18(2)26)21-11-8-20(9-12-21)14-22(24(30)31)27-23(29)13-10-19-6-4-3-5-7-19/h3-13,17-18,22H,14-16H2,1-2H3,(H,27,29)(H,30,31). The predicted molar refractivity (Wildman–Crippen MR) is 128 cm³/mol. The van der Waals surface area contributed by atoms with Crippen LogP contribution in [0.4, 0.5) is 5.69 Å². The third kappa shape index (κ3) is 9.03. The van der Waals surface area contributed by atoms with Crippen LogP contribution in [-0.2, 0) is 16.0 Å². The minimum Gasteiger partial charge on any atom is -0.480 e. The number of aliphatic carboxylic acids is 1. The number of carbonyl (C=O) groups is 2. The number of carboxylic acids is 1. The molecule has 31 heavy (non-hydrogen) atoms. The van der Waals surface area contributed by atoms with Crippen molar-refractivity contribution in [3.8, 4) is 0 Å². The fourth-order valence-electron chi connectivity index (χ4n) is 3.13. The van der Waals surface area contributed by atoms with Crippen molar-refractivity contribution in [1.82, 2.24) is 5.32 Å². The van der Waals surface area contributed by atoms with Crippen molar-refractivity contribution in [1.29, 1.82) is 0 Å². The normalized spacial score (nSPS) is 14.1. The van der Waals surface area contributed by atoms with Crippen LogP contribution in [0.3, 0.4) is 0 Å². The number of carbonyl (C=O) groups excluding carboxylic acids is 1. The number of benzene rings is 2. The third-order valence-electron chi connectivity index (χ3n) is 4.53. The average molecular weight is 463 g/mol. The molecule has 0 aliphatic carbocycles. The summed E-state index contributed by atoms with van der Waals surface area (Å²) in [5.74, 6) is -1.54. The molecule has 2 aromatic rings. The van der Waals surface area contributed by atoms with Gasteiger partial charge in [0.2, 0.25) is 5.91 Å². The van der Waals surface area contributed by atoms with Crippen LogP contribution < -0.4 is 10.2 Å². The summed E-state index contributed by atoms with van der Waals surface area (Å²) in [4.78, 5) is 25.9. The Labute approximate surface area is 193 Å². The summed E-state index contributed by atoms with van der Waals surface area (Å²) < 4.78 is 0. The number of amides is 1. The highest BCUT2D eigenvalue weighted by molar-refractivity contribution is 6.21. The second-order valence-corrected chi connectivity index (χ2v) is 8.97. The van der Waals surface area contributed by atoms with E-state index >= 15 is 0 Å². The first-order chi connectivity index (χ1) is 14.7. The maximum absolute atomic E-state index is 12.2. The predicted octanol–water partition coefficient (Wildman–Crippen LogP) is 4.57. The molecule has 166 valence electrons. The van der Waals surface area contributed by atoms with Gasteiger partial charge in [0.25, 0.3) is 0 Å². The molecule has 0 saturated carbocycles. The Morgan fingerprint density at radius 1 is 1.00 bits per heavy atom. The number of nitrogens with one attached hydrogen (secondary N) is 1. The second-order valence-electron chi connectivity index (χ2n) is 7.48. The van der Waals surface area contributed by atoms with Crippen LogP contribution in [0.5, 0.6) is 0 Å². The number of rotatable bonds is 11. The molecule has 7 heteroatoms. The van der Waals surface area contributed by atoms with Gasteiger partial charge in [-0.3, -0.25) is 4.79 Å². The monoisotopic (exact) mass is 462 g/mol. The van der Waals surface area contributed by atoms with Crippen molar-refractivity contribution in [3.05, 3.63) is 71.8 Å². The van der Waals surface area contributed by atoms with Crippen molar-refractivity contribution in [2.75, 3.05) is 18.0 Å². The zero-order valence-electron chi connectivity index (χ0n) is 17.7. The van der Waals surface area contributed by atoms with Crippen LogP contribution in [0.25, 0.3) is 6.08 Å². The van der Waals surface area contributed by atoms with Gasteiger partial charge in [0.05, 0.1) is 0 Å². The number of hydrogen-bond donors (Lipinski definition) is 2. The molecule has 2 rings (SSSR count). The summed E-state index contributed by atoms with van der Waals surface area (Å²) >= 11 is 12.3. The maximum Gasteiger partial charge on any atom is 0.326 e. The Balaban J connectivity index is 2.03. The summed E-state index contributed by atoms with van der Waals surface area (Å²) in [5, 5.41) is 12.0. The largest absolute Gasteiger partial charge is 0.480 e. The van der Waals surface area contributed by atoms with Gasteiger partial charge < -0.3 is 15.3 Å². The fourth-order valence-corrected chi connectivity index (χ4v) is 3.46. The SMILES string of the molecule is CC(Cl)CN(CC(C)Cl)c1ccc(CC(NC(=O)C=Cc2ccccc2)C(=O)O)cc1. The minimum absolute atomic E-state index is 0.0364. The summed E-state index contributed by atoms with van der Waals surface area (Å²) in [6.07, 6.45) is 3.17. The van der Waals surface area contributed by atoms with E-state index in [1.165, 1.54) is 6.08 Å². The number of anilines is 1. The van der Waals surface area contributed by atoms with Crippen molar-refractivity contribution < 1.29 is 14.7 Å². The third-order valence-corrected chi connectivity index (χ3v) is 4.80. The van der Waals surface area contributed by atoms with Crippen LogP contribution in [-0.4, -0.2) is 46.9 Å². The van der Waals surface area contributed by atoms with E-state index in [0.717, 1.165) is 16.8 Å². The lowest BCUT2D eigenvalue weighted by molar-refractivity contribution is -0.141. The van der Waals surface area contributed by atoms with E-state index in [1.807, 2.05) is 68.4 Å². The number of alkyl halides is 2. The average Bonchev–Trinajstić information content (AvgIpc) is 2.72. The zero-order chi connectivity index (χ0) is 22.8. The number of carboxylic acid groups (broad SMARTS) is 1. The molecule has 0 saturated heterocycles. The van der Waals surface area contributed by atoms with Crippen LogP contribution in [0, 0.1) is 0 Å². The Morgan fingerprint density at radius 3 is 2.10 bits per heavy atom. The van der Waals surface area contributed by atoms with Gasteiger partial charge in [-0.05, 0) is 43.2 Å². The van der Waals surface area contributed by atoms with E-state index in [1.54, 1.807) is 6.08 Å². The molecule has 0 aliphatic rings. The van der Waals surface area contributed by atoms with Gasteiger partial charge in [0.1, 0.15) is 6.04 Å². The quantitative estimate of drug-likeness (QED) is 0.378. The van der Waals surface area contributed by atoms with E-state index in [0.29, 0.717) is 13.1 Å². The molecule has 0 aromatic heterocycles. The highest BCUT2D eigenvalue weighted by Gasteiger charge is 2.20. The van der Waals surface area contributed by atoms with Crippen molar-refractivity contribution in [2.24, 2.45) is 0 Å². The summed E-state index contributed by atoms with van der Waals surface area (Å²) in [6.45, 7) is 5.15. The highest BCUT2D eigenvalue weighted by Crippen LogP contribution is 2.19. The number of hydrogen-bond acceptors (Lipinski definition) is 3. The van der Waals surface area contributed by atoms with Gasteiger partial charge in [-0.15, -0.1) is 23.2 Å². The number of halogens is 2. The molecule has 1 amide bonds. The van der Waals surface area contributed by atoms with Gasteiger partial charge in [-0.2, -0.15) is 0 Å². The minimum atomic E-state index is -1.08. The molecule has 2 N–H and O–H groups in total. The van der Waals surface area contributed by atoms with Crippen LogP contribution >= 0.6 is 23.2 Å². The Bertz CT molecular complexity index is 858. The smallest absolute Gasteiger partial charge is 0.326 e. The topological polar surface area (TPSA) is 69.6 Å². The zero-order valence-corrected chi connectivity index (χ0v) is 19.2. The van der Waals surface area contributed by atoms with E-state index in [9.17, 15) is 14.7 Å². The lowest BCUT2D eigenvalue weighted by atomic mass is 10.0. The van der Waals surface area contributed by atoms with Gasteiger partial charge in [0.15, 0.2) is 0 Å². The molecular formula is C24H28Cl2N2O3. The van der Waals surface area contributed by atoms with Crippen LogP contribution in [0.15, 0.2) is 60.7 Å². The second kappa shape index (κ2) is 12.4. The first kappa shape index (κ1) is 24.8. The molecule has 2 aromatic carbocycles. The van der Waals surface area contributed by atoms with Crippen molar-refractivity contribution >= 4 is 46.8 Å². The first-order valence-electron chi connectivity index (χ1n) is 10.1. The van der Waals surface area contributed by atoms with Crippen molar-refractivity contribution in [3.63, 3.8) is 0 Å². The van der Waals surface area contributed by atoms with E-state index in [4.69, 9.17) is 23.2 Å². The Kier molecular flexibility index (Phi) is 9.89. The number of nitrogens with zero attached hydrogens (tertiary/aromatic N) is 1. The molecule has 0 fully saturated rings. The summed E-state index contributed by atoms with van der Waals surface area (Å²) in [7, 11) is 0. The summed E-state index contributed by atoms with van der Waals surface area (Å²) in [5.41, 5.74) is 2.63. The van der Waals surface area contributed by atoms with E-state index in [-0.39, 0.29) is 17.2 Å². The lowest BCUT2D eigenvalue weighted by Crippen LogP contribution is -2.41. The van der Waals surface area contributed by atoms with Gasteiger partial charge in [0, 0.05) is 42.0 Å². The molecule has 0 heterocycles. The van der Waals surface area contributed by atoms with E-state index in [2.05, 4.69) is 10.2 Å². The maximum atomic E-state index is 12.2. The fraction of sp³-hybridized carbons (Fsp3) is 0.333. The highest BCUT2D eigenvalue weighted by atomic mass is 35.5. The van der Waals surface area contributed by atoms with Crippen molar-refractivity contribution in [2.45, 2.75) is 37.1 Å². The first-order valence-corrected chi connectivity index (χ1v) is 11.0. The van der Waals surface area contributed by atoms with Gasteiger partial charge in [-0.1, -0.05) is 42.5 Å². The van der Waals surface area contributed by atoms with Crippen LogP contribution in [0.2, 0.25) is 0 Å². The molecule has 0 bridgehead atoms. The molecule has 5 nitrogen and oxygen atoms in total. The van der Waals surface area contributed by atoms with E-state index < -0.39 is 17.9 Å². The molecule has 3 unspecified atom stereocenters. The Morgan fingerprint density at radius 2 is 1.58 bits per heavy atom. The molecule has 0 spiro atoms. The lowest BCUT2D eigenvalue weighted by Gasteiger charge is -2.27. The molecule has 0 aliphatic heterocycles. The Hall–Kier alpha value is -2.50. The molecule has 0 radical (unpaired) electrons. The van der Waals surface area contributed by atoms with Gasteiger partial charge in [-0.25, -0.2) is 4.79 Å². The van der Waals surface area contributed by atoms with Gasteiger partial charge >= 0.3 is 5.97 Å². The molecule has 3 atom stereocenters. The summed E-state index contributed by atoms with van der Waals surface area (Å²) in [6, 6.07) is 15.9. The van der Waals surface area contributed by atoms with Crippen LogP contribution in [0.1, 0.15) is 25.0 Å².